The molecule has 1 aliphatic rings. The van der Waals surface area contributed by atoms with Crippen LogP contribution in [0, 0.1) is 11.7 Å². The Bertz CT molecular complexity index is 770. The van der Waals surface area contributed by atoms with Crippen LogP contribution < -0.4 is 5.32 Å². The van der Waals surface area contributed by atoms with Crippen LogP contribution in [0.4, 0.5) is 4.39 Å². The van der Waals surface area contributed by atoms with E-state index in [9.17, 15) is 18.8 Å². The molecule has 7 heteroatoms. The first-order chi connectivity index (χ1) is 13.3. The number of hydrogen-bond acceptors (Lipinski definition) is 3. The van der Waals surface area contributed by atoms with E-state index in [1.54, 1.807) is 38.3 Å². The molecule has 1 aromatic carbocycles. The van der Waals surface area contributed by atoms with Gasteiger partial charge < -0.3 is 15.1 Å². The van der Waals surface area contributed by atoms with Gasteiger partial charge in [0.2, 0.25) is 17.7 Å². The molecule has 2 rings (SSSR count). The average molecular weight is 387 g/mol. The van der Waals surface area contributed by atoms with Crippen LogP contribution in [-0.4, -0.2) is 53.7 Å². The monoisotopic (exact) mass is 387 g/mol. The standard InChI is InChI=1S/C21H26FN3O3/c1-5-10-25(11-6-2)21(28)14(3)23-20(27)17-13-18(26)24(4)19(17)15-8-7-9-16(22)12-15/h5-9,12,14,17,19H,1-2,10-11,13H2,3-4H3,(H,23,27). The van der Waals surface area contributed by atoms with Crippen molar-refractivity contribution >= 4 is 17.7 Å². The Morgan fingerprint density at radius 3 is 2.57 bits per heavy atom. The predicted octanol–water partition coefficient (Wildman–Crippen LogP) is 2.05. The maximum Gasteiger partial charge on any atom is 0.245 e. The number of rotatable bonds is 8. The quantitative estimate of drug-likeness (QED) is 0.694. The molecule has 1 saturated heterocycles. The van der Waals surface area contributed by atoms with Crippen molar-refractivity contribution in [1.29, 1.82) is 0 Å². The molecule has 150 valence electrons. The molecule has 0 aliphatic carbocycles. The van der Waals surface area contributed by atoms with Gasteiger partial charge in [0, 0.05) is 26.6 Å². The average Bonchev–Trinajstić information content (AvgIpc) is 2.96. The maximum absolute atomic E-state index is 13.7. The fraction of sp³-hybridized carbons (Fsp3) is 0.381. The lowest BCUT2D eigenvalue weighted by Gasteiger charge is -2.27. The van der Waals surface area contributed by atoms with Gasteiger partial charge in [-0.3, -0.25) is 14.4 Å². The molecule has 3 unspecified atom stereocenters. The summed E-state index contributed by atoms with van der Waals surface area (Å²) in [5.74, 6) is -2.02. The Kier molecular flexibility index (Phi) is 7.09. The van der Waals surface area contributed by atoms with Crippen molar-refractivity contribution in [3.05, 3.63) is 61.0 Å². The second-order valence-electron chi connectivity index (χ2n) is 6.87. The first kappa shape index (κ1) is 21.3. The van der Waals surface area contributed by atoms with Crippen LogP contribution in [0.1, 0.15) is 24.9 Å². The number of halogens is 1. The van der Waals surface area contributed by atoms with Crippen molar-refractivity contribution in [2.45, 2.75) is 25.4 Å². The Morgan fingerprint density at radius 1 is 1.36 bits per heavy atom. The van der Waals surface area contributed by atoms with Crippen molar-refractivity contribution < 1.29 is 18.8 Å². The van der Waals surface area contributed by atoms with Gasteiger partial charge in [-0.2, -0.15) is 0 Å². The largest absolute Gasteiger partial charge is 0.344 e. The van der Waals surface area contributed by atoms with Crippen molar-refractivity contribution in [2.24, 2.45) is 5.92 Å². The molecule has 0 bridgehead atoms. The summed E-state index contributed by atoms with van der Waals surface area (Å²) in [5.41, 5.74) is 0.549. The molecular weight excluding hydrogens is 361 g/mol. The third-order valence-electron chi connectivity index (χ3n) is 4.85. The van der Waals surface area contributed by atoms with Crippen LogP contribution >= 0.6 is 0 Å². The summed E-state index contributed by atoms with van der Waals surface area (Å²) in [6.07, 6.45) is 3.20. The summed E-state index contributed by atoms with van der Waals surface area (Å²) in [5, 5.41) is 2.70. The van der Waals surface area contributed by atoms with Crippen LogP contribution in [-0.2, 0) is 14.4 Å². The van der Waals surface area contributed by atoms with Gasteiger partial charge in [0.1, 0.15) is 11.9 Å². The fourth-order valence-corrected chi connectivity index (χ4v) is 3.47. The third-order valence-corrected chi connectivity index (χ3v) is 4.85. The SMILES string of the molecule is C=CCN(CC=C)C(=O)C(C)NC(=O)C1CC(=O)N(C)C1c1cccc(F)c1. The molecule has 3 amide bonds. The number of amides is 3. The zero-order chi connectivity index (χ0) is 20.8. The summed E-state index contributed by atoms with van der Waals surface area (Å²) in [4.78, 5) is 40.6. The number of likely N-dealkylation sites (tertiary alicyclic amines) is 1. The van der Waals surface area contributed by atoms with Crippen LogP contribution in [0.15, 0.2) is 49.6 Å². The van der Waals surface area contributed by atoms with E-state index in [2.05, 4.69) is 18.5 Å². The van der Waals surface area contributed by atoms with Crippen LogP contribution in [0.2, 0.25) is 0 Å². The number of nitrogens with one attached hydrogen (secondary N) is 1. The van der Waals surface area contributed by atoms with Crippen LogP contribution in [0.3, 0.4) is 0 Å². The Hall–Kier alpha value is -2.96. The second kappa shape index (κ2) is 9.30. The topological polar surface area (TPSA) is 69.7 Å². The fourth-order valence-electron chi connectivity index (χ4n) is 3.47. The zero-order valence-corrected chi connectivity index (χ0v) is 16.2. The highest BCUT2D eigenvalue weighted by Gasteiger charge is 2.43. The van der Waals surface area contributed by atoms with E-state index >= 15 is 0 Å². The van der Waals surface area contributed by atoms with E-state index in [0.29, 0.717) is 18.7 Å². The van der Waals surface area contributed by atoms with Crippen LogP contribution in [0.25, 0.3) is 0 Å². The molecule has 1 N–H and O–H groups in total. The minimum absolute atomic E-state index is 0.00739. The van der Waals surface area contributed by atoms with E-state index in [0.717, 1.165) is 0 Å². The molecule has 1 fully saturated rings. The number of carbonyl (C=O) groups is 3. The van der Waals surface area contributed by atoms with Gasteiger partial charge in [-0.15, -0.1) is 13.2 Å². The summed E-state index contributed by atoms with van der Waals surface area (Å²) in [6.45, 7) is 9.52. The van der Waals surface area contributed by atoms with Crippen LogP contribution in [0.5, 0.6) is 0 Å². The highest BCUT2D eigenvalue weighted by molar-refractivity contribution is 5.93. The number of benzene rings is 1. The van der Waals surface area contributed by atoms with Gasteiger partial charge in [0.05, 0.1) is 12.0 Å². The van der Waals surface area contributed by atoms with Crippen molar-refractivity contribution in [3.63, 3.8) is 0 Å². The molecule has 28 heavy (non-hydrogen) atoms. The van der Waals surface area contributed by atoms with Crippen molar-refractivity contribution in [3.8, 4) is 0 Å². The van der Waals surface area contributed by atoms with Gasteiger partial charge in [-0.25, -0.2) is 4.39 Å². The van der Waals surface area contributed by atoms with Crippen molar-refractivity contribution in [2.75, 3.05) is 20.1 Å². The molecule has 1 aromatic rings. The Morgan fingerprint density at radius 2 is 2.00 bits per heavy atom. The minimum Gasteiger partial charge on any atom is -0.344 e. The van der Waals surface area contributed by atoms with Gasteiger partial charge >= 0.3 is 0 Å². The summed E-state index contributed by atoms with van der Waals surface area (Å²) in [6, 6.07) is 4.51. The highest BCUT2D eigenvalue weighted by Crippen LogP contribution is 2.37. The zero-order valence-electron chi connectivity index (χ0n) is 16.2. The summed E-state index contributed by atoms with van der Waals surface area (Å²) < 4.78 is 13.7. The second-order valence-corrected chi connectivity index (χ2v) is 6.87. The molecule has 0 saturated carbocycles. The molecule has 0 aromatic heterocycles. The highest BCUT2D eigenvalue weighted by atomic mass is 19.1. The molecule has 0 spiro atoms. The van der Waals surface area contributed by atoms with Crippen molar-refractivity contribution in [1.82, 2.24) is 15.1 Å². The molecule has 3 atom stereocenters. The summed E-state index contributed by atoms with van der Waals surface area (Å²) >= 11 is 0. The lowest BCUT2D eigenvalue weighted by molar-refractivity contribution is -0.136. The minimum atomic E-state index is -0.776. The number of carbonyl (C=O) groups excluding carboxylic acids is 3. The first-order valence-corrected chi connectivity index (χ1v) is 9.12. The van der Waals surface area contributed by atoms with E-state index in [-0.39, 0.29) is 18.2 Å². The molecule has 1 aliphatic heterocycles. The van der Waals surface area contributed by atoms with E-state index in [1.807, 2.05) is 0 Å². The van der Waals surface area contributed by atoms with E-state index < -0.39 is 29.7 Å². The first-order valence-electron chi connectivity index (χ1n) is 9.12. The number of hydrogen-bond donors (Lipinski definition) is 1. The normalized spacial score (nSPS) is 19.8. The lowest BCUT2D eigenvalue weighted by atomic mass is 9.92. The molecular formula is C21H26FN3O3. The van der Waals surface area contributed by atoms with Gasteiger partial charge in [0.25, 0.3) is 0 Å². The van der Waals surface area contributed by atoms with E-state index in [1.165, 1.54) is 21.9 Å². The maximum atomic E-state index is 13.7. The predicted molar refractivity (Wildman–Crippen MR) is 105 cm³/mol. The lowest BCUT2D eigenvalue weighted by Crippen LogP contribution is -2.49. The Balaban J connectivity index is 2.16. The number of nitrogens with zero attached hydrogens (tertiary/aromatic N) is 2. The van der Waals surface area contributed by atoms with Gasteiger partial charge in [-0.1, -0.05) is 24.3 Å². The summed E-state index contributed by atoms with van der Waals surface area (Å²) in [7, 11) is 1.59. The van der Waals surface area contributed by atoms with Gasteiger partial charge in [0.15, 0.2) is 0 Å². The third kappa shape index (κ3) is 4.65. The smallest absolute Gasteiger partial charge is 0.245 e. The molecule has 6 nitrogen and oxygen atoms in total. The van der Waals surface area contributed by atoms with Gasteiger partial charge in [-0.05, 0) is 24.6 Å². The molecule has 0 radical (unpaired) electrons. The van der Waals surface area contributed by atoms with E-state index in [4.69, 9.17) is 0 Å². The Labute approximate surface area is 164 Å². The molecule has 1 heterocycles.